The standard InChI is InChI=1S/C19H33N7O2/c1-20-5-3-17(4-6-20)22-9-13-25(18(27)15-22)26-14-12-24(16-19(26)28)23-10-7-21(2)8-11-23/h3H,4-16H2,1-2H3. The van der Waals surface area contributed by atoms with Gasteiger partial charge in [0.15, 0.2) is 0 Å². The van der Waals surface area contributed by atoms with Gasteiger partial charge >= 0.3 is 0 Å². The summed E-state index contributed by atoms with van der Waals surface area (Å²) in [6.07, 6.45) is 3.22. The fraction of sp³-hybridized carbons (Fsp3) is 0.789. The number of hydrazine groups is 2. The van der Waals surface area contributed by atoms with Gasteiger partial charge in [0.1, 0.15) is 0 Å². The molecule has 0 unspecified atom stereocenters. The van der Waals surface area contributed by atoms with Gasteiger partial charge in [0.05, 0.1) is 26.2 Å². The van der Waals surface area contributed by atoms with Crippen molar-refractivity contribution in [2.75, 3.05) is 92.6 Å². The van der Waals surface area contributed by atoms with Crippen LogP contribution in [0, 0.1) is 0 Å². The average Bonchev–Trinajstić information content (AvgIpc) is 2.69. The first-order valence-corrected chi connectivity index (χ1v) is 10.4. The van der Waals surface area contributed by atoms with Crippen molar-refractivity contribution < 1.29 is 9.59 Å². The van der Waals surface area contributed by atoms with Crippen molar-refractivity contribution in [1.29, 1.82) is 0 Å². The molecule has 0 saturated carbocycles. The third-order valence-corrected chi connectivity index (χ3v) is 6.34. The van der Waals surface area contributed by atoms with Gasteiger partial charge in [0.2, 0.25) is 0 Å². The van der Waals surface area contributed by atoms with Crippen molar-refractivity contribution in [3.8, 4) is 0 Å². The molecule has 4 aliphatic rings. The van der Waals surface area contributed by atoms with Crippen LogP contribution in [-0.2, 0) is 9.59 Å². The SMILES string of the molecule is CN1CC=C(N2CCN(N3CCN(N4CCN(C)CC4)CC3=O)C(=O)C2)CC1. The molecule has 0 aliphatic carbocycles. The molecule has 0 bridgehead atoms. The molecular weight excluding hydrogens is 358 g/mol. The van der Waals surface area contributed by atoms with E-state index in [9.17, 15) is 9.59 Å². The van der Waals surface area contributed by atoms with Crippen LogP contribution in [0.4, 0.5) is 0 Å². The van der Waals surface area contributed by atoms with Gasteiger partial charge in [0, 0.05) is 58.1 Å². The first kappa shape index (κ1) is 19.6. The number of carbonyl (C=O) groups is 2. The Morgan fingerprint density at radius 1 is 0.679 bits per heavy atom. The van der Waals surface area contributed by atoms with Crippen LogP contribution in [-0.4, -0.2) is 139 Å². The van der Waals surface area contributed by atoms with Gasteiger partial charge in [-0.2, -0.15) is 0 Å². The number of carbonyl (C=O) groups excluding carboxylic acids is 2. The van der Waals surface area contributed by atoms with Gasteiger partial charge in [0.25, 0.3) is 11.8 Å². The lowest BCUT2D eigenvalue weighted by Gasteiger charge is -2.48. The third kappa shape index (κ3) is 4.17. The van der Waals surface area contributed by atoms with Crippen molar-refractivity contribution in [2.24, 2.45) is 0 Å². The largest absolute Gasteiger partial charge is 0.364 e. The Bertz CT molecular complexity index is 632. The average molecular weight is 392 g/mol. The number of rotatable bonds is 3. The van der Waals surface area contributed by atoms with E-state index in [-0.39, 0.29) is 11.8 Å². The number of piperazine rings is 3. The number of likely N-dealkylation sites (N-methyl/N-ethyl adjacent to an activating group) is 2. The molecule has 0 radical (unpaired) electrons. The van der Waals surface area contributed by atoms with E-state index in [4.69, 9.17) is 0 Å². The molecule has 0 N–H and O–H groups in total. The molecule has 156 valence electrons. The summed E-state index contributed by atoms with van der Waals surface area (Å²) >= 11 is 0. The van der Waals surface area contributed by atoms with E-state index in [0.717, 1.165) is 58.8 Å². The Morgan fingerprint density at radius 2 is 1.32 bits per heavy atom. The predicted octanol–water partition coefficient (Wildman–Crippen LogP) is -1.43. The maximum Gasteiger partial charge on any atom is 0.260 e. The Hall–Kier alpha value is -1.68. The second-order valence-electron chi connectivity index (χ2n) is 8.31. The topological polar surface area (TPSA) is 56.8 Å². The minimum atomic E-state index is 0.0329. The summed E-state index contributed by atoms with van der Waals surface area (Å²) in [6, 6.07) is 0. The minimum Gasteiger partial charge on any atom is -0.364 e. The molecule has 0 atom stereocenters. The molecule has 28 heavy (non-hydrogen) atoms. The molecule has 0 spiro atoms. The summed E-state index contributed by atoms with van der Waals surface area (Å²) in [5, 5.41) is 7.84. The summed E-state index contributed by atoms with van der Waals surface area (Å²) in [5.74, 6) is 0.0676. The van der Waals surface area contributed by atoms with Crippen molar-refractivity contribution in [3.63, 3.8) is 0 Å². The number of hydrogen-bond donors (Lipinski definition) is 0. The second-order valence-corrected chi connectivity index (χ2v) is 8.31. The van der Waals surface area contributed by atoms with E-state index in [2.05, 4.69) is 44.9 Å². The summed E-state index contributed by atoms with van der Waals surface area (Å²) in [6.45, 7) is 9.47. The molecule has 0 aromatic rings. The van der Waals surface area contributed by atoms with Gasteiger partial charge in [-0.25, -0.2) is 20.0 Å². The highest BCUT2D eigenvalue weighted by Gasteiger charge is 2.36. The van der Waals surface area contributed by atoms with E-state index in [1.807, 2.05) is 0 Å². The molecule has 4 heterocycles. The Morgan fingerprint density at radius 3 is 1.93 bits per heavy atom. The van der Waals surface area contributed by atoms with Crippen molar-refractivity contribution in [1.82, 2.24) is 34.7 Å². The third-order valence-electron chi connectivity index (χ3n) is 6.34. The summed E-state index contributed by atoms with van der Waals surface area (Å²) in [7, 11) is 4.25. The summed E-state index contributed by atoms with van der Waals surface area (Å²) in [5.41, 5.74) is 1.28. The zero-order valence-corrected chi connectivity index (χ0v) is 17.2. The molecule has 3 saturated heterocycles. The lowest BCUT2D eigenvalue weighted by Crippen LogP contribution is -2.66. The monoisotopic (exact) mass is 391 g/mol. The summed E-state index contributed by atoms with van der Waals surface area (Å²) in [4.78, 5) is 32.4. The van der Waals surface area contributed by atoms with Crippen molar-refractivity contribution in [3.05, 3.63) is 11.8 Å². The van der Waals surface area contributed by atoms with Crippen LogP contribution in [0.1, 0.15) is 6.42 Å². The van der Waals surface area contributed by atoms with Crippen LogP contribution in [0.5, 0.6) is 0 Å². The van der Waals surface area contributed by atoms with E-state index in [0.29, 0.717) is 26.2 Å². The van der Waals surface area contributed by atoms with Crippen LogP contribution in [0.2, 0.25) is 0 Å². The highest BCUT2D eigenvalue weighted by Crippen LogP contribution is 2.19. The lowest BCUT2D eigenvalue weighted by molar-refractivity contribution is -0.182. The second kappa shape index (κ2) is 8.36. The number of hydrogen-bond acceptors (Lipinski definition) is 7. The van der Waals surface area contributed by atoms with E-state index >= 15 is 0 Å². The molecule has 0 aromatic heterocycles. The maximum absolute atomic E-state index is 12.8. The molecule has 2 amide bonds. The first-order valence-electron chi connectivity index (χ1n) is 10.4. The van der Waals surface area contributed by atoms with Crippen molar-refractivity contribution in [2.45, 2.75) is 6.42 Å². The molecule has 0 aromatic carbocycles. The molecule has 3 fully saturated rings. The fourth-order valence-electron chi connectivity index (χ4n) is 4.44. The Labute approximate surface area is 167 Å². The van der Waals surface area contributed by atoms with Crippen LogP contribution >= 0.6 is 0 Å². The lowest BCUT2D eigenvalue weighted by atomic mass is 10.1. The van der Waals surface area contributed by atoms with Crippen LogP contribution in [0.3, 0.4) is 0 Å². The Balaban J connectivity index is 1.31. The fourth-order valence-corrected chi connectivity index (χ4v) is 4.44. The van der Waals surface area contributed by atoms with E-state index in [1.54, 1.807) is 10.0 Å². The van der Waals surface area contributed by atoms with Crippen LogP contribution < -0.4 is 0 Å². The summed E-state index contributed by atoms with van der Waals surface area (Å²) < 4.78 is 0. The first-order chi connectivity index (χ1) is 13.5. The van der Waals surface area contributed by atoms with Gasteiger partial charge in [-0.3, -0.25) is 9.59 Å². The van der Waals surface area contributed by atoms with Gasteiger partial charge in [-0.15, -0.1) is 0 Å². The Kier molecular flexibility index (Phi) is 5.86. The molecular formula is C19H33N7O2. The molecule has 4 rings (SSSR count). The smallest absolute Gasteiger partial charge is 0.260 e. The molecule has 9 nitrogen and oxygen atoms in total. The van der Waals surface area contributed by atoms with Gasteiger partial charge in [-0.05, 0) is 20.5 Å². The molecule has 4 aliphatic heterocycles. The zero-order chi connectivity index (χ0) is 19.7. The predicted molar refractivity (Wildman–Crippen MR) is 106 cm³/mol. The highest BCUT2D eigenvalue weighted by atomic mass is 16.2. The van der Waals surface area contributed by atoms with Crippen molar-refractivity contribution >= 4 is 11.8 Å². The van der Waals surface area contributed by atoms with E-state index < -0.39 is 0 Å². The number of amides is 2. The van der Waals surface area contributed by atoms with Crippen LogP contribution in [0.15, 0.2) is 11.8 Å². The highest BCUT2D eigenvalue weighted by molar-refractivity contribution is 5.85. The minimum absolute atomic E-state index is 0.0329. The van der Waals surface area contributed by atoms with Crippen LogP contribution in [0.25, 0.3) is 0 Å². The van der Waals surface area contributed by atoms with Gasteiger partial charge in [-0.1, -0.05) is 6.08 Å². The van der Waals surface area contributed by atoms with Gasteiger partial charge < -0.3 is 14.7 Å². The normalized spacial score (nSPS) is 27.5. The van der Waals surface area contributed by atoms with E-state index in [1.165, 1.54) is 5.70 Å². The maximum atomic E-state index is 12.8. The zero-order valence-electron chi connectivity index (χ0n) is 17.2. The number of nitrogens with zero attached hydrogens (tertiary/aromatic N) is 7. The quantitative estimate of drug-likeness (QED) is 0.585. The molecule has 9 heteroatoms.